The minimum absolute atomic E-state index is 0.00970. The van der Waals surface area contributed by atoms with Gasteiger partial charge in [0.05, 0.1) is 0 Å². The molecule has 0 fully saturated rings. The maximum absolute atomic E-state index is 11.2. The highest BCUT2D eigenvalue weighted by Crippen LogP contribution is 2.02. The summed E-state index contributed by atoms with van der Waals surface area (Å²) >= 11 is 0. The number of rotatable bonds is 5. The minimum Gasteiger partial charge on any atom is -0.356 e. The topological polar surface area (TPSA) is 55.1 Å². The molecule has 3 nitrogen and oxygen atoms in total. The lowest BCUT2D eigenvalue weighted by atomic mass is 10.0. The van der Waals surface area contributed by atoms with Gasteiger partial charge in [0, 0.05) is 24.9 Å². The fourth-order valence-electron chi connectivity index (χ4n) is 0.895. The number of nitrogens with one attached hydrogen (secondary N) is 1. The van der Waals surface area contributed by atoms with Crippen molar-refractivity contribution in [2.75, 3.05) is 6.54 Å². The van der Waals surface area contributed by atoms with Crippen molar-refractivity contribution >= 4 is 5.91 Å². The molecule has 3 heteroatoms. The Hall–Kier alpha value is -1.01. The maximum atomic E-state index is 11.2. The maximum Gasteiger partial charge on any atom is 0.221 e. The van der Waals surface area contributed by atoms with Gasteiger partial charge in [-0.2, -0.15) is 0 Å². The van der Waals surface area contributed by atoms with E-state index < -0.39 is 5.54 Å². The van der Waals surface area contributed by atoms with Gasteiger partial charge in [0.2, 0.25) is 5.91 Å². The fraction of sp³-hybridized carbons (Fsp3) is 0.700. The Bertz CT molecular complexity index is 198. The lowest BCUT2D eigenvalue weighted by Gasteiger charge is -2.17. The van der Waals surface area contributed by atoms with Crippen molar-refractivity contribution in [3.63, 3.8) is 0 Å². The minimum atomic E-state index is -0.434. The number of terminal acetylenes is 1. The van der Waals surface area contributed by atoms with E-state index in [-0.39, 0.29) is 5.91 Å². The van der Waals surface area contributed by atoms with Crippen molar-refractivity contribution in [1.29, 1.82) is 0 Å². The van der Waals surface area contributed by atoms with E-state index in [0.717, 1.165) is 6.42 Å². The molecule has 0 aliphatic rings. The van der Waals surface area contributed by atoms with Gasteiger partial charge in [-0.15, -0.1) is 12.3 Å². The molecule has 0 heterocycles. The molecule has 0 aromatic carbocycles. The van der Waals surface area contributed by atoms with Crippen LogP contribution in [-0.4, -0.2) is 18.0 Å². The molecule has 0 rings (SSSR count). The zero-order valence-electron chi connectivity index (χ0n) is 8.39. The van der Waals surface area contributed by atoms with E-state index in [1.807, 2.05) is 13.8 Å². The van der Waals surface area contributed by atoms with E-state index in [9.17, 15) is 4.79 Å². The smallest absolute Gasteiger partial charge is 0.221 e. The van der Waals surface area contributed by atoms with Gasteiger partial charge in [0.15, 0.2) is 0 Å². The van der Waals surface area contributed by atoms with Gasteiger partial charge in [-0.25, -0.2) is 0 Å². The summed E-state index contributed by atoms with van der Waals surface area (Å²) in [5.74, 6) is 2.50. The first kappa shape index (κ1) is 12.0. The summed E-state index contributed by atoms with van der Waals surface area (Å²) in [6, 6.07) is 0. The molecule has 3 N–H and O–H groups in total. The number of carbonyl (C=O) groups excluding carboxylic acids is 1. The number of nitrogens with two attached hydrogens (primary N) is 1. The van der Waals surface area contributed by atoms with Crippen molar-refractivity contribution in [3.05, 3.63) is 0 Å². The van der Waals surface area contributed by atoms with E-state index in [1.165, 1.54) is 0 Å². The second-order valence-electron chi connectivity index (χ2n) is 3.82. The van der Waals surface area contributed by atoms with Crippen molar-refractivity contribution in [2.45, 2.75) is 38.6 Å². The van der Waals surface area contributed by atoms with Gasteiger partial charge in [-0.3, -0.25) is 4.79 Å². The first-order valence-corrected chi connectivity index (χ1v) is 4.45. The van der Waals surface area contributed by atoms with Crippen molar-refractivity contribution in [1.82, 2.24) is 5.32 Å². The highest BCUT2D eigenvalue weighted by atomic mass is 16.1. The first-order chi connectivity index (χ1) is 5.95. The van der Waals surface area contributed by atoms with Crippen LogP contribution < -0.4 is 11.1 Å². The van der Waals surface area contributed by atoms with Crippen LogP contribution in [0, 0.1) is 12.3 Å². The Morgan fingerprint density at radius 1 is 1.62 bits per heavy atom. The molecule has 0 radical (unpaired) electrons. The third kappa shape index (κ3) is 8.90. The molecule has 0 aromatic rings. The van der Waals surface area contributed by atoms with Crippen molar-refractivity contribution in [2.24, 2.45) is 5.73 Å². The highest BCUT2D eigenvalue weighted by molar-refractivity contribution is 5.76. The molecule has 1 amide bonds. The predicted molar refractivity (Wildman–Crippen MR) is 54.0 cm³/mol. The van der Waals surface area contributed by atoms with E-state index >= 15 is 0 Å². The van der Waals surface area contributed by atoms with Crippen LogP contribution in [-0.2, 0) is 4.79 Å². The van der Waals surface area contributed by atoms with Crippen LogP contribution in [0.2, 0.25) is 0 Å². The van der Waals surface area contributed by atoms with E-state index in [0.29, 0.717) is 19.4 Å². The number of hydrogen-bond donors (Lipinski definition) is 2. The van der Waals surface area contributed by atoms with E-state index in [1.54, 1.807) is 0 Å². The van der Waals surface area contributed by atoms with Crippen LogP contribution in [0.3, 0.4) is 0 Å². The lowest BCUT2D eigenvalue weighted by molar-refractivity contribution is -0.122. The van der Waals surface area contributed by atoms with Gasteiger partial charge in [-0.1, -0.05) is 0 Å². The second-order valence-corrected chi connectivity index (χ2v) is 3.82. The van der Waals surface area contributed by atoms with Gasteiger partial charge in [0.25, 0.3) is 0 Å². The van der Waals surface area contributed by atoms with Crippen LogP contribution in [0.25, 0.3) is 0 Å². The fourth-order valence-corrected chi connectivity index (χ4v) is 0.895. The van der Waals surface area contributed by atoms with Gasteiger partial charge in [-0.05, 0) is 20.3 Å². The van der Waals surface area contributed by atoms with Gasteiger partial charge >= 0.3 is 0 Å². The van der Waals surface area contributed by atoms with Gasteiger partial charge < -0.3 is 11.1 Å². The molecule has 0 saturated heterocycles. The second kappa shape index (κ2) is 5.60. The lowest BCUT2D eigenvalue weighted by Crippen LogP contribution is -2.39. The van der Waals surface area contributed by atoms with Crippen LogP contribution >= 0.6 is 0 Å². The monoisotopic (exact) mass is 182 g/mol. The van der Waals surface area contributed by atoms with Crippen LogP contribution in [0.4, 0.5) is 0 Å². The Morgan fingerprint density at radius 3 is 2.69 bits per heavy atom. The summed E-state index contributed by atoms with van der Waals surface area (Å²) in [5.41, 5.74) is 5.24. The summed E-state index contributed by atoms with van der Waals surface area (Å²) in [5, 5.41) is 2.76. The van der Waals surface area contributed by atoms with Gasteiger partial charge in [0.1, 0.15) is 0 Å². The quantitative estimate of drug-likeness (QED) is 0.484. The molecule has 0 spiro atoms. The average molecular weight is 182 g/mol. The Labute approximate surface area is 80.1 Å². The third-order valence-electron chi connectivity index (χ3n) is 1.44. The molecule has 0 unspecified atom stereocenters. The zero-order chi connectivity index (χ0) is 10.3. The third-order valence-corrected chi connectivity index (χ3v) is 1.44. The number of amides is 1. The predicted octanol–water partition coefficient (Wildman–Crippen LogP) is 0.643. The number of unbranched alkanes of at least 4 members (excludes halogenated alkanes) is 1. The molecule has 0 aliphatic heterocycles. The van der Waals surface area contributed by atoms with Crippen LogP contribution in [0.1, 0.15) is 33.1 Å². The summed E-state index contributed by atoms with van der Waals surface area (Å²) in [6.07, 6.45) is 6.94. The normalized spacial score (nSPS) is 10.6. The highest BCUT2D eigenvalue weighted by Gasteiger charge is 2.15. The van der Waals surface area contributed by atoms with Crippen molar-refractivity contribution in [3.8, 4) is 12.3 Å². The number of hydrogen-bond acceptors (Lipinski definition) is 2. The van der Waals surface area contributed by atoms with Crippen LogP contribution in [0.15, 0.2) is 0 Å². The van der Waals surface area contributed by atoms with E-state index in [4.69, 9.17) is 12.2 Å². The SMILES string of the molecule is C#CCCCNC(=O)CC(C)(C)N. The molecular weight excluding hydrogens is 164 g/mol. The first-order valence-electron chi connectivity index (χ1n) is 4.45. The standard InChI is InChI=1S/C10H18N2O/c1-4-5-6-7-12-9(13)8-10(2,3)11/h1H,5-8,11H2,2-3H3,(H,12,13). The van der Waals surface area contributed by atoms with E-state index in [2.05, 4.69) is 11.2 Å². The summed E-state index contributed by atoms with van der Waals surface area (Å²) < 4.78 is 0. The summed E-state index contributed by atoms with van der Waals surface area (Å²) in [4.78, 5) is 11.2. The molecule has 0 atom stereocenters. The zero-order valence-corrected chi connectivity index (χ0v) is 8.39. The average Bonchev–Trinajstić information content (AvgIpc) is 1.94. The molecule has 13 heavy (non-hydrogen) atoms. The summed E-state index contributed by atoms with van der Waals surface area (Å²) in [7, 11) is 0. The number of carbonyl (C=O) groups is 1. The molecule has 0 bridgehead atoms. The molecule has 0 aromatic heterocycles. The van der Waals surface area contributed by atoms with Crippen molar-refractivity contribution < 1.29 is 4.79 Å². The molecule has 74 valence electrons. The summed E-state index contributed by atoms with van der Waals surface area (Å²) in [6.45, 7) is 4.29. The molecule has 0 aliphatic carbocycles. The Kier molecular flexibility index (Phi) is 5.17. The Morgan fingerprint density at radius 2 is 2.23 bits per heavy atom. The largest absolute Gasteiger partial charge is 0.356 e. The molecule has 0 saturated carbocycles. The molecular formula is C10H18N2O. The van der Waals surface area contributed by atoms with Crippen LogP contribution in [0.5, 0.6) is 0 Å². The Balaban J connectivity index is 3.48.